The average Bonchev–Trinajstić information content (AvgIpc) is 3.15. The largest absolute Gasteiger partial charge is 0.381 e. The summed E-state index contributed by atoms with van der Waals surface area (Å²) in [6, 6.07) is 0. The zero-order chi connectivity index (χ0) is 14.5. The highest BCUT2D eigenvalue weighted by atomic mass is 127. The molecular formula is C16H28IN3O2. The van der Waals surface area contributed by atoms with E-state index in [1.165, 1.54) is 18.4 Å². The van der Waals surface area contributed by atoms with E-state index in [9.17, 15) is 0 Å². The number of aliphatic imine (C=N–C) groups is 1. The Balaban J connectivity index is 0.00000176. The Morgan fingerprint density at radius 1 is 1.36 bits per heavy atom. The maximum Gasteiger partial charge on any atom is 0.193 e. The Hall–Kier alpha value is -0.340. The van der Waals surface area contributed by atoms with Crippen molar-refractivity contribution >= 4 is 29.9 Å². The van der Waals surface area contributed by atoms with Crippen molar-refractivity contribution in [2.24, 2.45) is 10.4 Å². The highest BCUT2D eigenvalue weighted by Gasteiger charge is 2.42. The van der Waals surface area contributed by atoms with E-state index in [1.54, 1.807) is 0 Å². The van der Waals surface area contributed by atoms with E-state index < -0.39 is 0 Å². The van der Waals surface area contributed by atoms with Crippen LogP contribution in [0.5, 0.6) is 0 Å². The third-order valence-corrected chi connectivity index (χ3v) is 4.92. The molecule has 3 aliphatic rings. The third-order valence-electron chi connectivity index (χ3n) is 4.92. The number of halogens is 1. The van der Waals surface area contributed by atoms with Gasteiger partial charge in [-0.3, -0.25) is 4.99 Å². The lowest BCUT2D eigenvalue weighted by atomic mass is 9.87. The second-order valence-electron chi connectivity index (χ2n) is 6.39. The van der Waals surface area contributed by atoms with Crippen molar-refractivity contribution in [3.8, 4) is 0 Å². The summed E-state index contributed by atoms with van der Waals surface area (Å²) < 4.78 is 10.9. The molecule has 2 saturated heterocycles. The number of nitrogens with one attached hydrogen (secondary N) is 1. The van der Waals surface area contributed by atoms with Crippen molar-refractivity contribution < 1.29 is 9.47 Å². The Kier molecular flexibility index (Phi) is 6.95. The first-order valence-electron chi connectivity index (χ1n) is 8.10. The second kappa shape index (κ2) is 8.49. The van der Waals surface area contributed by atoms with E-state index in [-0.39, 0.29) is 24.0 Å². The first kappa shape index (κ1) is 18.0. The van der Waals surface area contributed by atoms with Gasteiger partial charge in [0.25, 0.3) is 0 Å². The van der Waals surface area contributed by atoms with Gasteiger partial charge in [0, 0.05) is 38.7 Å². The average molecular weight is 421 g/mol. The van der Waals surface area contributed by atoms with Crippen molar-refractivity contribution in [1.29, 1.82) is 0 Å². The van der Waals surface area contributed by atoms with Gasteiger partial charge in [-0.1, -0.05) is 11.6 Å². The van der Waals surface area contributed by atoms with Gasteiger partial charge in [-0.25, -0.2) is 0 Å². The minimum absolute atomic E-state index is 0. The monoisotopic (exact) mass is 421 g/mol. The molecule has 2 fully saturated rings. The Morgan fingerprint density at radius 3 is 2.95 bits per heavy atom. The van der Waals surface area contributed by atoms with Gasteiger partial charge in [-0.2, -0.15) is 0 Å². The molecule has 0 aromatic rings. The van der Waals surface area contributed by atoms with E-state index in [4.69, 9.17) is 9.47 Å². The van der Waals surface area contributed by atoms with Crippen LogP contribution in [0.15, 0.2) is 16.6 Å². The van der Waals surface area contributed by atoms with Gasteiger partial charge in [0.2, 0.25) is 0 Å². The molecule has 0 aromatic heterocycles. The van der Waals surface area contributed by atoms with Crippen LogP contribution in [0, 0.1) is 5.41 Å². The lowest BCUT2D eigenvalue weighted by Gasteiger charge is -2.25. The lowest BCUT2D eigenvalue weighted by Crippen LogP contribution is -2.41. The summed E-state index contributed by atoms with van der Waals surface area (Å²) in [6.45, 7) is 6.64. The van der Waals surface area contributed by atoms with Crippen LogP contribution < -0.4 is 5.32 Å². The van der Waals surface area contributed by atoms with Crippen LogP contribution in [0.25, 0.3) is 0 Å². The maximum absolute atomic E-state index is 5.60. The van der Waals surface area contributed by atoms with Crippen molar-refractivity contribution in [3.05, 3.63) is 11.6 Å². The van der Waals surface area contributed by atoms with E-state index in [0.29, 0.717) is 5.41 Å². The number of guanidine groups is 1. The first-order valence-corrected chi connectivity index (χ1v) is 8.10. The second-order valence-corrected chi connectivity index (χ2v) is 6.39. The van der Waals surface area contributed by atoms with E-state index in [0.717, 1.165) is 64.9 Å². The summed E-state index contributed by atoms with van der Waals surface area (Å²) in [6.07, 6.45) is 6.81. The van der Waals surface area contributed by atoms with Crippen molar-refractivity contribution in [3.63, 3.8) is 0 Å². The highest BCUT2D eigenvalue weighted by Crippen LogP contribution is 2.38. The molecule has 0 amide bonds. The van der Waals surface area contributed by atoms with Crippen molar-refractivity contribution in [2.45, 2.75) is 25.7 Å². The summed E-state index contributed by atoms with van der Waals surface area (Å²) >= 11 is 0. The Bertz CT molecular complexity index is 420. The summed E-state index contributed by atoms with van der Waals surface area (Å²) in [5, 5.41) is 3.52. The van der Waals surface area contributed by atoms with Crippen LogP contribution in [0.2, 0.25) is 0 Å². The molecular weight excluding hydrogens is 393 g/mol. The number of likely N-dealkylation sites (tertiary alicyclic amines) is 1. The van der Waals surface area contributed by atoms with E-state index in [1.807, 2.05) is 7.05 Å². The predicted molar refractivity (Wildman–Crippen MR) is 99.0 cm³/mol. The number of ether oxygens (including phenoxy) is 2. The van der Waals surface area contributed by atoms with Gasteiger partial charge < -0.3 is 19.7 Å². The van der Waals surface area contributed by atoms with Gasteiger partial charge in [0.1, 0.15) is 0 Å². The molecule has 0 aliphatic carbocycles. The zero-order valence-electron chi connectivity index (χ0n) is 13.5. The quantitative estimate of drug-likeness (QED) is 0.328. The van der Waals surface area contributed by atoms with Gasteiger partial charge in [0.15, 0.2) is 5.96 Å². The fourth-order valence-corrected chi connectivity index (χ4v) is 3.55. The number of hydrogen-bond donors (Lipinski definition) is 1. The molecule has 3 rings (SSSR count). The van der Waals surface area contributed by atoms with E-state index in [2.05, 4.69) is 21.3 Å². The molecule has 5 nitrogen and oxygen atoms in total. The van der Waals surface area contributed by atoms with Gasteiger partial charge in [0.05, 0.1) is 19.8 Å². The Labute approximate surface area is 150 Å². The molecule has 0 radical (unpaired) electrons. The molecule has 0 saturated carbocycles. The molecule has 1 unspecified atom stereocenters. The number of hydrogen-bond acceptors (Lipinski definition) is 3. The van der Waals surface area contributed by atoms with Gasteiger partial charge in [-0.15, -0.1) is 24.0 Å². The lowest BCUT2D eigenvalue weighted by molar-refractivity contribution is 0.153. The molecule has 1 atom stereocenters. The fourth-order valence-electron chi connectivity index (χ4n) is 3.55. The smallest absolute Gasteiger partial charge is 0.193 e. The summed E-state index contributed by atoms with van der Waals surface area (Å²) in [7, 11) is 1.88. The van der Waals surface area contributed by atoms with Crippen LogP contribution in [0.3, 0.4) is 0 Å². The normalized spacial score (nSPS) is 28.7. The summed E-state index contributed by atoms with van der Waals surface area (Å²) in [5.74, 6) is 1.05. The topological polar surface area (TPSA) is 46.1 Å². The van der Waals surface area contributed by atoms with Crippen molar-refractivity contribution in [1.82, 2.24) is 10.2 Å². The van der Waals surface area contributed by atoms with Crippen LogP contribution >= 0.6 is 24.0 Å². The molecule has 126 valence electrons. The third kappa shape index (κ3) is 4.35. The van der Waals surface area contributed by atoms with Crippen molar-refractivity contribution in [2.75, 3.05) is 53.1 Å². The molecule has 1 spiro atoms. The molecule has 6 heteroatoms. The standard InChI is InChI=1S/C16H27N3O2.HI/c1-17-15(18-7-2-14-3-9-20-10-4-14)19-8-5-16(12-19)6-11-21-13-16;/h3H,2,4-13H2,1H3,(H,17,18);1H. The maximum atomic E-state index is 5.60. The van der Waals surface area contributed by atoms with E-state index >= 15 is 0 Å². The van der Waals surface area contributed by atoms with Crippen LogP contribution in [-0.2, 0) is 9.47 Å². The molecule has 22 heavy (non-hydrogen) atoms. The Morgan fingerprint density at radius 2 is 2.27 bits per heavy atom. The van der Waals surface area contributed by atoms with Gasteiger partial charge in [-0.05, 0) is 25.7 Å². The summed E-state index contributed by atoms with van der Waals surface area (Å²) in [4.78, 5) is 6.85. The number of nitrogens with zero attached hydrogens (tertiary/aromatic N) is 2. The molecule has 0 bridgehead atoms. The molecule has 3 aliphatic heterocycles. The molecule has 1 N–H and O–H groups in total. The minimum atomic E-state index is 0. The van der Waals surface area contributed by atoms with Crippen LogP contribution in [0.4, 0.5) is 0 Å². The molecule has 3 heterocycles. The number of rotatable bonds is 3. The zero-order valence-corrected chi connectivity index (χ0v) is 15.8. The molecule has 0 aromatic carbocycles. The minimum Gasteiger partial charge on any atom is -0.381 e. The predicted octanol–water partition coefficient (Wildman–Crippen LogP) is 2.03. The van der Waals surface area contributed by atoms with Crippen LogP contribution in [-0.4, -0.2) is 64.0 Å². The fraction of sp³-hybridized carbons (Fsp3) is 0.812. The first-order chi connectivity index (χ1) is 10.3. The summed E-state index contributed by atoms with van der Waals surface area (Å²) in [5.41, 5.74) is 1.90. The SMILES string of the molecule is CN=C(NCCC1=CCOCC1)N1CCC2(CCOC2)C1.I. The highest BCUT2D eigenvalue weighted by molar-refractivity contribution is 14.0. The van der Waals surface area contributed by atoms with Gasteiger partial charge >= 0.3 is 0 Å². The van der Waals surface area contributed by atoms with Crippen LogP contribution in [0.1, 0.15) is 25.7 Å².